The highest BCUT2D eigenvalue weighted by atomic mass is 19.1. The second-order valence-electron chi connectivity index (χ2n) is 8.15. The third-order valence-corrected chi connectivity index (χ3v) is 6.04. The first-order valence-corrected chi connectivity index (χ1v) is 10.8. The van der Waals surface area contributed by atoms with Gasteiger partial charge in [-0.2, -0.15) is 0 Å². The number of carbonyl (C=O) groups excluding carboxylic acids is 2. The van der Waals surface area contributed by atoms with E-state index in [1.54, 1.807) is 30.3 Å². The number of nitrogens with zero attached hydrogens (tertiary/aromatic N) is 1. The molecule has 32 heavy (non-hydrogen) atoms. The highest BCUT2D eigenvalue weighted by Gasteiger charge is 2.46. The van der Waals surface area contributed by atoms with E-state index in [0.717, 1.165) is 5.56 Å². The minimum Gasteiger partial charge on any atom is -0.464 e. The van der Waals surface area contributed by atoms with E-state index in [2.05, 4.69) is 4.90 Å². The van der Waals surface area contributed by atoms with Gasteiger partial charge in [0.15, 0.2) is 5.78 Å². The molecule has 1 fully saturated rings. The molecule has 3 aromatic carbocycles. The predicted octanol–water partition coefficient (Wildman–Crippen LogP) is 5.20. The summed E-state index contributed by atoms with van der Waals surface area (Å²) in [6, 6.07) is 24.9. The minimum atomic E-state index is -0.468. The second kappa shape index (κ2) is 9.88. The SMILES string of the molecule is CC(=O)OC[C@@H]1C[C@H](C(=O)c2ccccc2)[C@H](c2ccccc2F)N1Cc1ccccc1. The van der Waals surface area contributed by atoms with Crippen LogP contribution in [0.3, 0.4) is 0 Å². The van der Waals surface area contributed by atoms with Gasteiger partial charge in [0, 0.05) is 42.6 Å². The monoisotopic (exact) mass is 431 g/mol. The van der Waals surface area contributed by atoms with Crippen molar-refractivity contribution in [2.45, 2.75) is 32.0 Å². The Labute approximate surface area is 187 Å². The molecule has 4 nitrogen and oxygen atoms in total. The highest BCUT2D eigenvalue weighted by Crippen LogP contribution is 2.44. The van der Waals surface area contributed by atoms with Crippen LogP contribution in [0.2, 0.25) is 0 Å². The van der Waals surface area contributed by atoms with E-state index in [0.29, 0.717) is 24.1 Å². The fourth-order valence-corrected chi connectivity index (χ4v) is 4.59. The molecule has 3 aromatic rings. The van der Waals surface area contributed by atoms with Crippen molar-refractivity contribution >= 4 is 11.8 Å². The van der Waals surface area contributed by atoms with Crippen LogP contribution in [0, 0.1) is 11.7 Å². The van der Waals surface area contributed by atoms with Crippen molar-refractivity contribution in [3.63, 3.8) is 0 Å². The lowest BCUT2D eigenvalue weighted by molar-refractivity contribution is -0.142. The van der Waals surface area contributed by atoms with Crippen molar-refractivity contribution in [3.05, 3.63) is 107 Å². The molecule has 4 rings (SSSR count). The maximum absolute atomic E-state index is 15.0. The zero-order valence-corrected chi connectivity index (χ0v) is 18.0. The molecule has 0 bridgehead atoms. The number of ketones is 1. The molecule has 0 saturated carbocycles. The van der Waals surface area contributed by atoms with E-state index < -0.39 is 12.0 Å². The average molecular weight is 432 g/mol. The largest absolute Gasteiger partial charge is 0.464 e. The number of ether oxygens (including phenoxy) is 1. The van der Waals surface area contributed by atoms with E-state index in [4.69, 9.17) is 4.74 Å². The molecule has 1 aliphatic heterocycles. The molecule has 0 spiro atoms. The Kier molecular flexibility index (Phi) is 6.76. The number of carbonyl (C=O) groups is 2. The summed E-state index contributed by atoms with van der Waals surface area (Å²) < 4.78 is 20.4. The second-order valence-corrected chi connectivity index (χ2v) is 8.15. The molecule has 0 amide bonds. The Hall–Kier alpha value is -3.31. The van der Waals surface area contributed by atoms with E-state index in [1.807, 2.05) is 48.5 Å². The molecule has 1 aliphatic rings. The van der Waals surface area contributed by atoms with Crippen LogP contribution in [0.15, 0.2) is 84.9 Å². The lowest BCUT2D eigenvalue weighted by Crippen LogP contribution is -2.36. The molecule has 3 atom stereocenters. The van der Waals surface area contributed by atoms with Crippen LogP contribution in [-0.4, -0.2) is 29.3 Å². The van der Waals surface area contributed by atoms with Gasteiger partial charge >= 0.3 is 5.97 Å². The van der Waals surface area contributed by atoms with Crippen molar-refractivity contribution in [1.82, 2.24) is 4.90 Å². The number of likely N-dealkylation sites (tertiary alicyclic amines) is 1. The summed E-state index contributed by atoms with van der Waals surface area (Å²) in [5.74, 6) is -1.19. The Morgan fingerprint density at radius 2 is 1.56 bits per heavy atom. The van der Waals surface area contributed by atoms with Gasteiger partial charge in [0.25, 0.3) is 0 Å². The van der Waals surface area contributed by atoms with Crippen LogP contribution in [0.5, 0.6) is 0 Å². The molecule has 0 N–H and O–H groups in total. The van der Waals surface area contributed by atoms with E-state index >= 15 is 4.39 Å². The average Bonchev–Trinajstić information content (AvgIpc) is 3.16. The Morgan fingerprint density at radius 3 is 2.22 bits per heavy atom. The maximum atomic E-state index is 15.0. The maximum Gasteiger partial charge on any atom is 0.302 e. The van der Waals surface area contributed by atoms with Crippen LogP contribution in [0.1, 0.15) is 40.9 Å². The number of esters is 1. The fourth-order valence-electron chi connectivity index (χ4n) is 4.59. The normalized spacial score (nSPS) is 20.8. The third-order valence-electron chi connectivity index (χ3n) is 6.04. The van der Waals surface area contributed by atoms with Crippen molar-refractivity contribution < 1.29 is 18.7 Å². The van der Waals surface area contributed by atoms with Gasteiger partial charge in [0.1, 0.15) is 12.4 Å². The summed E-state index contributed by atoms with van der Waals surface area (Å²) >= 11 is 0. The summed E-state index contributed by atoms with van der Waals surface area (Å²) in [4.78, 5) is 27.2. The van der Waals surface area contributed by atoms with Crippen molar-refractivity contribution in [3.8, 4) is 0 Å². The summed E-state index contributed by atoms with van der Waals surface area (Å²) in [7, 11) is 0. The Bertz CT molecular complexity index is 1070. The van der Waals surface area contributed by atoms with Crippen molar-refractivity contribution in [2.75, 3.05) is 6.61 Å². The van der Waals surface area contributed by atoms with Crippen LogP contribution >= 0.6 is 0 Å². The molecule has 5 heteroatoms. The zero-order valence-electron chi connectivity index (χ0n) is 18.0. The Morgan fingerprint density at radius 1 is 0.938 bits per heavy atom. The predicted molar refractivity (Wildman–Crippen MR) is 120 cm³/mol. The molecular weight excluding hydrogens is 405 g/mol. The first kappa shape index (κ1) is 21.9. The first-order chi connectivity index (χ1) is 15.5. The molecular formula is C27H26FNO3. The van der Waals surface area contributed by atoms with Gasteiger partial charge in [-0.25, -0.2) is 4.39 Å². The van der Waals surface area contributed by atoms with E-state index in [1.165, 1.54) is 13.0 Å². The van der Waals surface area contributed by atoms with Crippen molar-refractivity contribution in [1.29, 1.82) is 0 Å². The van der Waals surface area contributed by atoms with Crippen LogP contribution in [0.25, 0.3) is 0 Å². The summed E-state index contributed by atoms with van der Waals surface area (Å²) in [5, 5.41) is 0. The summed E-state index contributed by atoms with van der Waals surface area (Å²) in [5.41, 5.74) is 2.14. The van der Waals surface area contributed by atoms with Gasteiger partial charge in [-0.05, 0) is 18.1 Å². The fraction of sp³-hybridized carbons (Fsp3) is 0.259. The standard InChI is InChI=1S/C27H26FNO3/c1-19(30)32-18-22-16-24(27(31)21-12-6-3-7-13-21)26(23-14-8-9-15-25(23)28)29(22)17-20-10-4-2-5-11-20/h2-15,22,24,26H,16-18H2,1H3/t22-,24-,26-/m0/s1. The quantitative estimate of drug-likeness (QED) is 0.381. The molecule has 164 valence electrons. The first-order valence-electron chi connectivity index (χ1n) is 10.8. The lowest BCUT2D eigenvalue weighted by atomic mass is 9.86. The molecule has 1 heterocycles. The van der Waals surface area contributed by atoms with Gasteiger partial charge in [0.2, 0.25) is 0 Å². The summed E-state index contributed by atoms with van der Waals surface area (Å²) in [6.07, 6.45) is 0.479. The number of hydrogen-bond donors (Lipinski definition) is 0. The number of halogens is 1. The van der Waals surface area contributed by atoms with Gasteiger partial charge in [-0.3, -0.25) is 14.5 Å². The number of Topliss-reactive ketones (excluding diaryl/α,β-unsaturated/α-hetero) is 1. The lowest BCUT2D eigenvalue weighted by Gasteiger charge is -2.32. The molecule has 1 saturated heterocycles. The molecule has 0 aromatic heterocycles. The van der Waals surface area contributed by atoms with Gasteiger partial charge in [-0.15, -0.1) is 0 Å². The molecule has 0 aliphatic carbocycles. The number of rotatable bonds is 7. The smallest absolute Gasteiger partial charge is 0.302 e. The van der Waals surface area contributed by atoms with Gasteiger partial charge < -0.3 is 4.74 Å². The highest BCUT2D eigenvalue weighted by molar-refractivity contribution is 5.98. The van der Waals surface area contributed by atoms with Crippen LogP contribution in [0.4, 0.5) is 4.39 Å². The van der Waals surface area contributed by atoms with Crippen LogP contribution < -0.4 is 0 Å². The Balaban J connectivity index is 1.76. The molecule has 0 unspecified atom stereocenters. The summed E-state index contributed by atoms with van der Waals surface area (Å²) in [6.45, 7) is 2.05. The van der Waals surface area contributed by atoms with Crippen LogP contribution in [-0.2, 0) is 16.1 Å². The van der Waals surface area contributed by atoms with Gasteiger partial charge in [-0.1, -0.05) is 78.9 Å². The molecule has 0 radical (unpaired) electrons. The van der Waals surface area contributed by atoms with Crippen molar-refractivity contribution in [2.24, 2.45) is 5.92 Å². The zero-order chi connectivity index (χ0) is 22.5. The van der Waals surface area contributed by atoms with E-state index in [-0.39, 0.29) is 30.2 Å². The number of benzene rings is 3. The minimum absolute atomic E-state index is 0.0257. The van der Waals surface area contributed by atoms with Gasteiger partial charge in [0.05, 0.1) is 0 Å². The van der Waals surface area contributed by atoms with E-state index in [9.17, 15) is 9.59 Å². The third kappa shape index (κ3) is 4.78. The number of hydrogen-bond acceptors (Lipinski definition) is 4. The topological polar surface area (TPSA) is 46.6 Å².